The van der Waals surface area contributed by atoms with E-state index >= 15 is 0 Å². The number of nitrogens with zero attached hydrogens (tertiary/aromatic N) is 3. The van der Waals surface area contributed by atoms with E-state index in [0.29, 0.717) is 6.04 Å². The van der Waals surface area contributed by atoms with Crippen LogP contribution in [0.25, 0.3) is 0 Å². The van der Waals surface area contributed by atoms with E-state index in [1.54, 1.807) is 10.9 Å². The molecule has 2 heterocycles. The summed E-state index contributed by atoms with van der Waals surface area (Å²) in [6, 6.07) is 0.291. The van der Waals surface area contributed by atoms with Crippen molar-refractivity contribution in [3.05, 3.63) is 11.9 Å². The molecule has 1 aliphatic heterocycles. The molecule has 1 aromatic heterocycles. The number of rotatable bonds is 2. The van der Waals surface area contributed by atoms with Gasteiger partial charge in [0.05, 0.1) is 12.2 Å². The number of hydrogen-bond acceptors (Lipinski definition) is 5. The van der Waals surface area contributed by atoms with Gasteiger partial charge in [-0.05, 0) is 25.9 Å². The summed E-state index contributed by atoms with van der Waals surface area (Å²) in [5.41, 5.74) is 1.67. The van der Waals surface area contributed by atoms with E-state index in [1.807, 2.05) is 0 Å². The SMILES string of the molecule is O=C(NO)c1cn(C2CCNCC2)nn1. The lowest BCUT2D eigenvalue weighted by Crippen LogP contribution is -2.29. The smallest absolute Gasteiger partial charge is 0.296 e. The molecule has 0 aromatic carbocycles. The molecule has 1 aromatic rings. The lowest BCUT2D eigenvalue weighted by molar-refractivity contribution is 0.0700. The maximum Gasteiger partial charge on any atom is 0.296 e. The van der Waals surface area contributed by atoms with Crippen molar-refractivity contribution >= 4 is 5.91 Å². The molecule has 7 heteroatoms. The van der Waals surface area contributed by atoms with Crippen LogP contribution in [0.5, 0.6) is 0 Å². The molecule has 0 spiro atoms. The monoisotopic (exact) mass is 211 g/mol. The molecule has 3 N–H and O–H groups in total. The van der Waals surface area contributed by atoms with Crippen LogP contribution in [0.1, 0.15) is 29.4 Å². The molecule has 1 amide bonds. The van der Waals surface area contributed by atoms with Crippen molar-refractivity contribution in [2.24, 2.45) is 0 Å². The third kappa shape index (κ3) is 2.13. The van der Waals surface area contributed by atoms with Crippen molar-refractivity contribution in [2.75, 3.05) is 13.1 Å². The fourth-order valence-corrected chi connectivity index (χ4v) is 1.69. The number of carbonyl (C=O) groups excluding carboxylic acids is 1. The zero-order valence-corrected chi connectivity index (χ0v) is 8.18. The fourth-order valence-electron chi connectivity index (χ4n) is 1.69. The summed E-state index contributed by atoms with van der Waals surface area (Å²) >= 11 is 0. The highest BCUT2D eigenvalue weighted by atomic mass is 16.5. The van der Waals surface area contributed by atoms with Crippen LogP contribution < -0.4 is 10.8 Å². The van der Waals surface area contributed by atoms with E-state index in [-0.39, 0.29) is 5.69 Å². The molecule has 82 valence electrons. The molecule has 0 atom stereocenters. The minimum Gasteiger partial charge on any atom is -0.317 e. The first-order chi connectivity index (χ1) is 7.31. The highest BCUT2D eigenvalue weighted by Crippen LogP contribution is 2.16. The zero-order valence-electron chi connectivity index (χ0n) is 8.18. The molecule has 1 aliphatic rings. The van der Waals surface area contributed by atoms with Gasteiger partial charge in [-0.1, -0.05) is 5.21 Å². The van der Waals surface area contributed by atoms with E-state index in [9.17, 15) is 4.79 Å². The zero-order chi connectivity index (χ0) is 10.7. The second-order valence-electron chi connectivity index (χ2n) is 3.51. The minimum atomic E-state index is -0.629. The second kappa shape index (κ2) is 4.37. The van der Waals surface area contributed by atoms with Crippen LogP contribution in [0.3, 0.4) is 0 Å². The molecule has 1 saturated heterocycles. The maximum atomic E-state index is 11.0. The first-order valence-electron chi connectivity index (χ1n) is 4.88. The highest BCUT2D eigenvalue weighted by Gasteiger charge is 2.18. The Hall–Kier alpha value is -1.47. The highest BCUT2D eigenvalue weighted by molar-refractivity contribution is 5.90. The molecule has 0 unspecified atom stereocenters. The minimum absolute atomic E-state index is 0.135. The number of amides is 1. The summed E-state index contributed by atoms with van der Waals surface area (Å²) in [7, 11) is 0. The molecule has 0 saturated carbocycles. The lowest BCUT2D eigenvalue weighted by Gasteiger charge is -2.21. The van der Waals surface area contributed by atoms with Crippen LogP contribution in [0.4, 0.5) is 0 Å². The quantitative estimate of drug-likeness (QED) is 0.445. The summed E-state index contributed by atoms with van der Waals surface area (Å²) in [4.78, 5) is 11.0. The van der Waals surface area contributed by atoms with Crippen molar-refractivity contribution in [1.29, 1.82) is 0 Å². The van der Waals surface area contributed by atoms with Gasteiger partial charge in [-0.3, -0.25) is 10.0 Å². The third-order valence-electron chi connectivity index (χ3n) is 2.53. The van der Waals surface area contributed by atoms with Gasteiger partial charge < -0.3 is 5.32 Å². The van der Waals surface area contributed by atoms with Crippen LogP contribution in [-0.4, -0.2) is 39.2 Å². The number of hydrogen-bond donors (Lipinski definition) is 3. The van der Waals surface area contributed by atoms with E-state index in [1.165, 1.54) is 5.48 Å². The van der Waals surface area contributed by atoms with E-state index in [4.69, 9.17) is 5.21 Å². The van der Waals surface area contributed by atoms with Gasteiger partial charge in [-0.25, -0.2) is 10.2 Å². The Labute approximate surface area is 86.4 Å². The number of hydroxylamine groups is 1. The van der Waals surface area contributed by atoms with Gasteiger partial charge in [0.15, 0.2) is 5.69 Å². The van der Waals surface area contributed by atoms with Crippen LogP contribution in [0, 0.1) is 0 Å². The standard InChI is InChI=1S/C8H13N5O2/c14-8(11-15)7-5-13(12-10-7)6-1-3-9-4-2-6/h5-6,9,15H,1-4H2,(H,11,14). The van der Waals surface area contributed by atoms with Gasteiger partial charge in [0.25, 0.3) is 5.91 Å². The maximum absolute atomic E-state index is 11.0. The molecular formula is C8H13N5O2. The Morgan fingerprint density at radius 2 is 2.33 bits per heavy atom. The molecule has 2 rings (SSSR count). The molecule has 1 fully saturated rings. The fraction of sp³-hybridized carbons (Fsp3) is 0.625. The van der Waals surface area contributed by atoms with Crippen molar-refractivity contribution in [1.82, 2.24) is 25.8 Å². The predicted molar refractivity (Wildman–Crippen MR) is 50.4 cm³/mol. The summed E-state index contributed by atoms with van der Waals surface area (Å²) < 4.78 is 1.69. The predicted octanol–water partition coefficient (Wildman–Crippen LogP) is -0.678. The number of carbonyl (C=O) groups is 1. The average molecular weight is 211 g/mol. The van der Waals surface area contributed by atoms with Gasteiger partial charge in [0.2, 0.25) is 0 Å². The summed E-state index contributed by atoms with van der Waals surface area (Å²) in [5.74, 6) is -0.629. The molecule has 0 radical (unpaired) electrons. The molecule has 15 heavy (non-hydrogen) atoms. The molecule has 0 bridgehead atoms. The van der Waals surface area contributed by atoms with Crippen molar-refractivity contribution in [2.45, 2.75) is 18.9 Å². The van der Waals surface area contributed by atoms with Crippen LogP contribution in [0.2, 0.25) is 0 Å². The summed E-state index contributed by atoms with van der Waals surface area (Å²) in [6.07, 6.45) is 3.51. The van der Waals surface area contributed by atoms with Gasteiger partial charge in [0, 0.05) is 0 Å². The first kappa shape index (κ1) is 10.1. The Morgan fingerprint density at radius 3 is 3.00 bits per heavy atom. The average Bonchev–Trinajstić information content (AvgIpc) is 2.78. The van der Waals surface area contributed by atoms with E-state index < -0.39 is 5.91 Å². The van der Waals surface area contributed by atoms with Gasteiger partial charge in [0.1, 0.15) is 0 Å². The van der Waals surface area contributed by atoms with Crippen molar-refractivity contribution < 1.29 is 10.0 Å². The van der Waals surface area contributed by atoms with Crippen molar-refractivity contribution in [3.63, 3.8) is 0 Å². The van der Waals surface area contributed by atoms with Crippen LogP contribution >= 0.6 is 0 Å². The van der Waals surface area contributed by atoms with Gasteiger partial charge in [-0.15, -0.1) is 5.10 Å². The van der Waals surface area contributed by atoms with E-state index in [2.05, 4.69) is 15.6 Å². The Morgan fingerprint density at radius 1 is 1.60 bits per heavy atom. The normalized spacial score (nSPS) is 17.7. The number of nitrogens with one attached hydrogen (secondary N) is 2. The van der Waals surface area contributed by atoms with E-state index in [0.717, 1.165) is 25.9 Å². The Balaban J connectivity index is 2.08. The third-order valence-corrected chi connectivity index (χ3v) is 2.53. The molecular weight excluding hydrogens is 198 g/mol. The topological polar surface area (TPSA) is 92.1 Å². The summed E-state index contributed by atoms with van der Waals surface area (Å²) in [5, 5.41) is 19.2. The first-order valence-corrected chi connectivity index (χ1v) is 4.88. The molecule has 7 nitrogen and oxygen atoms in total. The van der Waals surface area contributed by atoms with Crippen LogP contribution in [0.15, 0.2) is 6.20 Å². The summed E-state index contributed by atoms with van der Waals surface area (Å²) in [6.45, 7) is 1.90. The van der Waals surface area contributed by atoms with Crippen molar-refractivity contribution in [3.8, 4) is 0 Å². The lowest BCUT2D eigenvalue weighted by atomic mass is 10.1. The van der Waals surface area contributed by atoms with Crippen LogP contribution in [-0.2, 0) is 0 Å². The molecule has 0 aliphatic carbocycles. The number of piperidine rings is 1. The van der Waals surface area contributed by atoms with Gasteiger partial charge >= 0.3 is 0 Å². The Kier molecular flexibility index (Phi) is 2.93. The Bertz CT molecular complexity index is 345. The number of aromatic nitrogens is 3. The second-order valence-corrected chi connectivity index (χ2v) is 3.51. The van der Waals surface area contributed by atoms with Gasteiger partial charge in [-0.2, -0.15) is 0 Å². The largest absolute Gasteiger partial charge is 0.317 e.